The van der Waals surface area contributed by atoms with E-state index in [2.05, 4.69) is 43.9 Å². The fourth-order valence-corrected chi connectivity index (χ4v) is 2.84. The largest absolute Gasteiger partial charge is 0.308 e. The van der Waals surface area contributed by atoms with Crippen LogP contribution in [0.5, 0.6) is 0 Å². The van der Waals surface area contributed by atoms with Crippen molar-refractivity contribution >= 4 is 11.4 Å². The minimum atomic E-state index is -0.239. The van der Waals surface area contributed by atoms with E-state index in [9.17, 15) is 4.79 Å². The van der Waals surface area contributed by atoms with Gasteiger partial charge in [0.05, 0.1) is 0 Å². The first kappa shape index (κ1) is 16.9. The summed E-state index contributed by atoms with van der Waals surface area (Å²) >= 11 is 0. The van der Waals surface area contributed by atoms with Gasteiger partial charge >= 0.3 is 0 Å². The van der Waals surface area contributed by atoms with E-state index in [0.29, 0.717) is 5.78 Å². The Morgan fingerprint density at radius 3 is 2.36 bits per heavy atom. The maximum Gasteiger partial charge on any atom is 0.169 e. The van der Waals surface area contributed by atoms with Crippen LogP contribution in [0.4, 0.5) is 0 Å². The van der Waals surface area contributed by atoms with Crippen molar-refractivity contribution in [3.63, 3.8) is 0 Å². The molecule has 0 spiro atoms. The minimum Gasteiger partial charge on any atom is -0.308 e. The highest BCUT2D eigenvalue weighted by molar-refractivity contribution is 6.25. The van der Waals surface area contributed by atoms with E-state index < -0.39 is 0 Å². The van der Waals surface area contributed by atoms with Gasteiger partial charge in [0.15, 0.2) is 5.78 Å². The van der Waals surface area contributed by atoms with Gasteiger partial charge in [-0.3, -0.25) is 4.79 Å². The van der Waals surface area contributed by atoms with Gasteiger partial charge in [0, 0.05) is 24.1 Å². The zero-order valence-corrected chi connectivity index (χ0v) is 14.3. The van der Waals surface area contributed by atoms with Gasteiger partial charge < -0.3 is 9.80 Å². The lowest BCUT2D eigenvalue weighted by molar-refractivity contribution is -0.121. The second-order valence-electron chi connectivity index (χ2n) is 6.93. The molecular formula is C19H28N2O. The summed E-state index contributed by atoms with van der Waals surface area (Å²) in [6.45, 7) is 5.17. The van der Waals surface area contributed by atoms with Crippen LogP contribution in [0.2, 0.25) is 0 Å². The number of allylic oxidation sites excluding steroid dienone is 2. The number of Topliss-reactive ketones (excluding diaryl/α,β-unsaturated/α-hetero) is 1. The first-order chi connectivity index (χ1) is 10.4. The summed E-state index contributed by atoms with van der Waals surface area (Å²) in [5.41, 5.74) is 1.72. The van der Waals surface area contributed by atoms with Gasteiger partial charge in [-0.15, -0.1) is 0 Å². The van der Waals surface area contributed by atoms with Crippen LogP contribution in [0.1, 0.15) is 25.3 Å². The van der Waals surface area contributed by atoms with Gasteiger partial charge in [-0.2, -0.15) is 0 Å². The van der Waals surface area contributed by atoms with Crippen molar-refractivity contribution in [2.45, 2.75) is 19.8 Å². The second kappa shape index (κ2) is 7.21. The highest BCUT2D eigenvalue weighted by Gasteiger charge is 2.39. The Kier molecular flexibility index (Phi) is 5.54. The average Bonchev–Trinajstić information content (AvgIpc) is 2.80. The number of likely N-dealkylation sites (N-methyl/N-ethyl adjacent to an activating group) is 2. The van der Waals surface area contributed by atoms with Crippen LogP contribution in [0.3, 0.4) is 0 Å². The minimum absolute atomic E-state index is 0.239. The van der Waals surface area contributed by atoms with Gasteiger partial charge in [0.1, 0.15) is 0 Å². The molecule has 0 amide bonds. The van der Waals surface area contributed by atoms with E-state index in [4.69, 9.17) is 0 Å². The molecule has 1 aliphatic carbocycles. The lowest BCUT2D eigenvalue weighted by Crippen LogP contribution is -2.33. The summed E-state index contributed by atoms with van der Waals surface area (Å²) in [5, 5.41) is 0. The number of ketones is 1. The molecule has 1 atom stereocenters. The van der Waals surface area contributed by atoms with Crippen molar-refractivity contribution < 1.29 is 4.79 Å². The Hall–Kier alpha value is -1.45. The smallest absolute Gasteiger partial charge is 0.169 e. The monoisotopic (exact) mass is 300 g/mol. The molecule has 1 aliphatic rings. The molecular weight excluding hydrogens is 272 g/mol. The summed E-state index contributed by atoms with van der Waals surface area (Å²) in [7, 11) is 6.31. The van der Waals surface area contributed by atoms with Crippen LogP contribution < -0.4 is 0 Å². The van der Waals surface area contributed by atoms with Gasteiger partial charge in [-0.25, -0.2) is 0 Å². The van der Waals surface area contributed by atoms with Gasteiger partial charge in [0.2, 0.25) is 0 Å². The molecule has 0 N–H and O–H groups in total. The summed E-state index contributed by atoms with van der Waals surface area (Å²) < 4.78 is 0. The van der Waals surface area contributed by atoms with Crippen LogP contribution >= 0.6 is 0 Å². The quantitative estimate of drug-likeness (QED) is 0.773. The third-order valence-electron chi connectivity index (χ3n) is 4.61. The molecule has 2 rings (SSSR count). The standard InChI is InChI=1S/C19H28N2O/c1-19(12-13-21(4)15-14-20(2)3)11-10-17(18(19)22)16-8-6-5-7-9-16/h5-10H,11-15H2,1-4H3. The lowest BCUT2D eigenvalue weighted by atomic mass is 9.81. The molecule has 0 aliphatic heterocycles. The van der Waals surface area contributed by atoms with Crippen LogP contribution in [-0.2, 0) is 4.79 Å². The Bertz CT molecular complexity index is 536. The van der Waals surface area contributed by atoms with E-state index >= 15 is 0 Å². The highest BCUT2D eigenvalue weighted by Crippen LogP contribution is 2.40. The summed E-state index contributed by atoms with van der Waals surface area (Å²) in [6.07, 6.45) is 3.90. The molecule has 0 aromatic heterocycles. The molecule has 0 saturated heterocycles. The maximum atomic E-state index is 12.8. The van der Waals surface area contributed by atoms with E-state index in [-0.39, 0.29) is 5.41 Å². The number of rotatable bonds is 7. The molecule has 1 aromatic rings. The average molecular weight is 300 g/mol. The lowest BCUT2D eigenvalue weighted by Gasteiger charge is -2.27. The van der Waals surface area contributed by atoms with Crippen molar-refractivity contribution in [1.29, 1.82) is 0 Å². The molecule has 120 valence electrons. The van der Waals surface area contributed by atoms with Crippen molar-refractivity contribution in [3.8, 4) is 0 Å². The van der Waals surface area contributed by atoms with Crippen molar-refractivity contribution in [2.75, 3.05) is 40.8 Å². The third kappa shape index (κ3) is 4.05. The molecule has 3 nitrogen and oxygen atoms in total. The normalized spacial score (nSPS) is 21.7. The van der Waals surface area contributed by atoms with E-state index in [0.717, 1.165) is 43.6 Å². The Morgan fingerprint density at radius 1 is 1.05 bits per heavy atom. The Balaban J connectivity index is 1.92. The zero-order chi connectivity index (χ0) is 16.2. The predicted molar refractivity (Wildman–Crippen MR) is 92.8 cm³/mol. The SMILES string of the molecule is CN(C)CCN(C)CCC1(C)CC=C(c2ccccc2)C1=O. The predicted octanol–water partition coefficient (Wildman–Crippen LogP) is 2.93. The number of nitrogens with zero attached hydrogens (tertiary/aromatic N) is 2. The summed E-state index contributed by atoms with van der Waals surface area (Å²) in [5.74, 6) is 0.305. The number of carbonyl (C=O) groups excluding carboxylic acids is 1. The molecule has 22 heavy (non-hydrogen) atoms. The first-order valence-electron chi connectivity index (χ1n) is 8.06. The number of hydrogen-bond acceptors (Lipinski definition) is 3. The molecule has 0 heterocycles. The summed E-state index contributed by atoms with van der Waals surface area (Å²) in [4.78, 5) is 17.3. The zero-order valence-electron chi connectivity index (χ0n) is 14.3. The highest BCUT2D eigenvalue weighted by atomic mass is 16.1. The Morgan fingerprint density at radius 2 is 1.73 bits per heavy atom. The molecule has 1 unspecified atom stereocenters. The molecule has 0 saturated carbocycles. The molecule has 3 heteroatoms. The molecule has 1 aromatic carbocycles. The van der Waals surface area contributed by atoms with Crippen molar-refractivity contribution in [1.82, 2.24) is 9.80 Å². The Labute approximate surface area is 134 Å². The molecule has 0 radical (unpaired) electrons. The number of carbonyl (C=O) groups is 1. The van der Waals surface area contributed by atoms with E-state index in [1.54, 1.807) is 0 Å². The topological polar surface area (TPSA) is 23.6 Å². The van der Waals surface area contributed by atoms with Crippen molar-refractivity contribution in [3.05, 3.63) is 42.0 Å². The molecule has 0 fully saturated rings. The van der Waals surface area contributed by atoms with Crippen LogP contribution in [-0.4, -0.2) is 56.4 Å². The van der Waals surface area contributed by atoms with Crippen LogP contribution in [0.25, 0.3) is 5.57 Å². The maximum absolute atomic E-state index is 12.8. The molecule has 0 bridgehead atoms. The fourth-order valence-electron chi connectivity index (χ4n) is 2.84. The van der Waals surface area contributed by atoms with Gasteiger partial charge in [-0.05, 0) is 46.1 Å². The van der Waals surface area contributed by atoms with Crippen LogP contribution in [0.15, 0.2) is 36.4 Å². The third-order valence-corrected chi connectivity index (χ3v) is 4.61. The van der Waals surface area contributed by atoms with Gasteiger partial charge in [-0.1, -0.05) is 43.3 Å². The van der Waals surface area contributed by atoms with Crippen LogP contribution in [0, 0.1) is 5.41 Å². The fraction of sp³-hybridized carbons (Fsp3) is 0.526. The summed E-state index contributed by atoms with van der Waals surface area (Å²) in [6, 6.07) is 10.0. The van der Waals surface area contributed by atoms with E-state index in [1.165, 1.54) is 0 Å². The number of hydrogen-bond donors (Lipinski definition) is 0. The number of benzene rings is 1. The van der Waals surface area contributed by atoms with E-state index in [1.807, 2.05) is 30.3 Å². The van der Waals surface area contributed by atoms with Gasteiger partial charge in [0.25, 0.3) is 0 Å². The second-order valence-corrected chi connectivity index (χ2v) is 6.93. The van der Waals surface area contributed by atoms with Crippen molar-refractivity contribution in [2.24, 2.45) is 5.41 Å². The first-order valence-corrected chi connectivity index (χ1v) is 8.06.